The van der Waals surface area contributed by atoms with E-state index in [1.54, 1.807) is 34.6 Å². The van der Waals surface area contributed by atoms with Gasteiger partial charge in [0.15, 0.2) is 0 Å². The number of nitrogens with zero attached hydrogens (tertiary/aromatic N) is 3. The van der Waals surface area contributed by atoms with Crippen molar-refractivity contribution in [2.45, 2.75) is 65.1 Å². The summed E-state index contributed by atoms with van der Waals surface area (Å²) in [6.07, 6.45) is -2.35. The van der Waals surface area contributed by atoms with Crippen molar-refractivity contribution in [2.75, 3.05) is 58.9 Å². The smallest absolute Gasteiger partial charge is 0.0639 e. The summed E-state index contributed by atoms with van der Waals surface area (Å²) in [6, 6.07) is 0. The second kappa shape index (κ2) is 14.6. The third-order valence-electron chi connectivity index (χ3n) is 4.08. The Kier molecular flexibility index (Phi) is 14.5. The Hall–Kier alpha value is -0.320. The van der Waals surface area contributed by atoms with Crippen LogP contribution in [0.4, 0.5) is 0 Å². The molecule has 0 heterocycles. The first-order valence-electron chi connectivity index (χ1n) is 10.1. The minimum Gasteiger partial charge on any atom is -0.392 e. The van der Waals surface area contributed by atoms with Crippen molar-refractivity contribution >= 4 is 0 Å². The number of hydrogen-bond donors (Lipinski definition) is 5. The van der Waals surface area contributed by atoms with Crippen LogP contribution in [0.15, 0.2) is 0 Å². The molecule has 0 aromatic carbocycles. The Bertz CT molecular complexity index is 306. The van der Waals surface area contributed by atoms with Crippen LogP contribution < -0.4 is 0 Å². The highest BCUT2D eigenvalue weighted by atomic mass is 16.3. The maximum absolute atomic E-state index is 9.81. The molecule has 8 heteroatoms. The van der Waals surface area contributed by atoms with Crippen LogP contribution in [0.25, 0.3) is 0 Å². The largest absolute Gasteiger partial charge is 0.392 e. The van der Waals surface area contributed by atoms with Gasteiger partial charge in [0, 0.05) is 58.9 Å². The average Bonchev–Trinajstić information content (AvgIpc) is 2.46. The average molecular weight is 394 g/mol. The summed E-state index contributed by atoms with van der Waals surface area (Å²) < 4.78 is 0. The van der Waals surface area contributed by atoms with Crippen LogP contribution in [0.2, 0.25) is 0 Å². The number of aliphatic hydroxyl groups excluding tert-OH is 5. The molecule has 0 aliphatic rings. The first kappa shape index (κ1) is 26.7. The van der Waals surface area contributed by atoms with Gasteiger partial charge in [0.05, 0.1) is 30.5 Å². The summed E-state index contributed by atoms with van der Waals surface area (Å²) in [7, 11) is 0. The number of rotatable bonds is 16. The lowest BCUT2D eigenvalue weighted by Crippen LogP contribution is -2.46. The Morgan fingerprint density at radius 1 is 0.407 bits per heavy atom. The third kappa shape index (κ3) is 16.3. The molecule has 0 fully saturated rings. The topological polar surface area (TPSA) is 111 Å². The molecule has 0 bridgehead atoms. The molecule has 164 valence electrons. The van der Waals surface area contributed by atoms with E-state index in [1.807, 2.05) is 9.80 Å². The normalized spacial score (nSPS) is 18.1. The van der Waals surface area contributed by atoms with E-state index in [1.165, 1.54) is 0 Å². The standard InChI is InChI=1S/C19H43N3O5/c1-15(23)10-20(6-8-21(11-16(2)24)12-17(3)25)7-9-22(13-18(4)26)14-19(5)27/h15-19,23-27H,6-14H2,1-5H3/t15-,16-,17+,18+,19+/m0/s1. The van der Waals surface area contributed by atoms with Gasteiger partial charge >= 0.3 is 0 Å². The summed E-state index contributed by atoms with van der Waals surface area (Å²) in [4.78, 5) is 6.18. The van der Waals surface area contributed by atoms with Gasteiger partial charge in [-0.25, -0.2) is 0 Å². The van der Waals surface area contributed by atoms with E-state index in [0.29, 0.717) is 58.9 Å². The molecule has 5 atom stereocenters. The van der Waals surface area contributed by atoms with Gasteiger partial charge in [-0.3, -0.25) is 14.7 Å². The Labute approximate surface area is 165 Å². The number of hydrogen-bond acceptors (Lipinski definition) is 8. The lowest BCUT2D eigenvalue weighted by Gasteiger charge is -2.32. The molecule has 0 radical (unpaired) electrons. The van der Waals surface area contributed by atoms with E-state index < -0.39 is 30.5 Å². The predicted molar refractivity (Wildman–Crippen MR) is 108 cm³/mol. The van der Waals surface area contributed by atoms with Crippen molar-refractivity contribution in [2.24, 2.45) is 0 Å². The van der Waals surface area contributed by atoms with Crippen LogP contribution in [0.5, 0.6) is 0 Å². The zero-order chi connectivity index (χ0) is 21.0. The molecule has 8 nitrogen and oxygen atoms in total. The van der Waals surface area contributed by atoms with E-state index in [9.17, 15) is 25.5 Å². The minimum absolute atomic E-state index is 0.464. The predicted octanol–water partition coefficient (Wildman–Crippen LogP) is -1.20. The molecular formula is C19H43N3O5. The van der Waals surface area contributed by atoms with Gasteiger partial charge in [0.25, 0.3) is 0 Å². The molecule has 0 aromatic rings. The molecule has 0 aliphatic heterocycles. The van der Waals surface area contributed by atoms with Crippen LogP contribution in [-0.2, 0) is 0 Å². The zero-order valence-electron chi connectivity index (χ0n) is 17.8. The van der Waals surface area contributed by atoms with E-state index in [0.717, 1.165) is 0 Å². The van der Waals surface area contributed by atoms with Crippen molar-refractivity contribution < 1.29 is 25.5 Å². The van der Waals surface area contributed by atoms with Gasteiger partial charge < -0.3 is 25.5 Å². The summed E-state index contributed by atoms with van der Waals surface area (Å²) in [6.45, 7) is 13.9. The van der Waals surface area contributed by atoms with Crippen LogP contribution in [-0.4, -0.2) is 130 Å². The minimum atomic E-state index is -0.471. The lowest BCUT2D eigenvalue weighted by atomic mass is 10.2. The molecular weight excluding hydrogens is 350 g/mol. The zero-order valence-corrected chi connectivity index (χ0v) is 17.8. The Morgan fingerprint density at radius 3 is 0.815 bits per heavy atom. The summed E-state index contributed by atoms with van der Waals surface area (Å²) in [5.41, 5.74) is 0. The summed E-state index contributed by atoms with van der Waals surface area (Å²) >= 11 is 0. The molecule has 0 aliphatic carbocycles. The van der Waals surface area contributed by atoms with Gasteiger partial charge in [0.1, 0.15) is 0 Å². The van der Waals surface area contributed by atoms with Crippen LogP contribution in [0.1, 0.15) is 34.6 Å². The fourth-order valence-corrected chi connectivity index (χ4v) is 3.24. The number of aliphatic hydroxyl groups is 5. The van der Waals surface area contributed by atoms with Crippen LogP contribution >= 0.6 is 0 Å². The second-order valence-corrected chi connectivity index (χ2v) is 8.06. The van der Waals surface area contributed by atoms with Crippen molar-refractivity contribution in [3.05, 3.63) is 0 Å². The fourth-order valence-electron chi connectivity index (χ4n) is 3.24. The summed E-state index contributed by atoms with van der Waals surface area (Å²) in [5.74, 6) is 0. The molecule has 0 saturated heterocycles. The summed E-state index contributed by atoms with van der Waals surface area (Å²) in [5, 5.41) is 48.4. The van der Waals surface area contributed by atoms with Crippen molar-refractivity contribution in [3.63, 3.8) is 0 Å². The van der Waals surface area contributed by atoms with Gasteiger partial charge in [-0.05, 0) is 34.6 Å². The lowest BCUT2D eigenvalue weighted by molar-refractivity contribution is 0.0555. The third-order valence-corrected chi connectivity index (χ3v) is 4.08. The maximum Gasteiger partial charge on any atom is 0.0639 e. The quantitative estimate of drug-likeness (QED) is 0.222. The van der Waals surface area contributed by atoms with E-state index in [4.69, 9.17) is 0 Å². The highest BCUT2D eigenvalue weighted by molar-refractivity contribution is 4.72. The Morgan fingerprint density at radius 2 is 0.593 bits per heavy atom. The van der Waals surface area contributed by atoms with Gasteiger partial charge in [-0.15, -0.1) is 0 Å². The molecule has 5 N–H and O–H groups in total. The van der Waals surface area contributed by atoms with Crippen molar-refractivity contribution in [3.8, 4) is 0 Å². The van der Waals surface area contributed by atoms with E-state index in [2.05, 4.69) is 4.90 Å². The highest BCUT2D eigenvalue weighted by Gasteiger charge is 2.17. The van der Waals surface area contributed by atoms with E-state index >= 15 is 0 Å². The van der Waals surface area contributed by atoms with Crippen LogP contribution in [0.3, 0.4) is 0 Å². The van der Waals surface area contributed by atoms with Gasteiger partial charge in [-0.2, -0.15) is 0 Å². The van der Waals surface area contributed by atoms with Crippen molar-refractivity contribution in [1.82, 2.24) is 14.7 Å². The highest BCUT2D eigenvalue weighted by Crippen LogP contribution is 2.02. The molecule has 0 saturated carbocycles. The van der Waals surface area contributed by atoms with Gasteiger partial charge in [-0.1, -0.05) is 0 Å². The monoisotopic (exact) mass is 393 g/mol. The fraction of sp³-hybridized carbons (Fsp3) is 1.00. The first-order valence-corrected chi connectivity index (χ1v) is 10.1. The van der Waals surface area contributed by atoms with Crippen LogP contribution in [0, 0.1) is 0 Å². The first-order chi connectivity index (χ1) is 12.5. The molecule has 27 heavy (non-hydrogen) atoms. The Balaban J connectivity index is 4.73. The molecule has 0 amide bonds. The van der Waals surface area contributed by atoms with E-state index in [-0.39, 0.29) is 0 Å². The second-order valence-electron chi connectivity index (χ2n) is 8.06. The van der Waals surface area contributed by atoms with Crippen molar-refractivity contribution in [1.29, 1.82) is 0 Å². The molecule has 0 unspecified atom stereocenters. The molecule has 0 rings (SSSR count). The SMILES string of the molecule is C[C@H](O)CN(CCN(C[C@H](C)O)C[C@@H](C)O)CCN(C[C@@H](C)O)C[C@@H](C)O. The van der Waals surface area contributed by atoms with Gasteiger partial charge in [0.2, 0.25) is 0 Å². The molecule has 0 aromatic heterocycles. The molecule has 0 spiro atoms. The maximum atomic E-state index is 9.81.